The molecule has 132 valence electrons. The van der Waals surface area contributed by atoms with Crippen LogP contribution < -0.4 is 4.74 Å². The lowest BCUT2D eigenvalue weighted by Gasteiger charge is -2.18. The minimum Gasteiger partial charge on any atom is -0.496 e. The average Bonchev–Trinajstić information content (AvgIpc) is 3.01. The Hall–Kier alpha value is -2.43. The summed E-state index contributed by atoms with van der Waals surface area (Å²) >= 11 is 0. The minimum atomic E-state index is -0.564. The third kappa shape index (κ3) is 3.98. The summed E-state index contributed by atoms with van der Waals surface area (Å²) in [5.41, 5.74) is 2.18. The number of aryl methyl sites for hydroxylation is 1. The highest BCUT2D eigenvalue weighted by Gasteiger charge is 2.28. The van der Waals surface area contributed by atoms with Crippen LogP contribution in [0.2, 0.25) is 0 Å². The Bertz CT molecular complexity index is 771. The van der Waals surface area contributed by atoms with Crippen LogP contribution in [-0.2, 0) is 6.42 Å². The lowest BCUT2D eigenvalue weighted by Crippen LogP contribution is -2.29. The van der Waals surface area contributed by atoms with E-state index in [2.05, 4.69) is 0 Å². The summed E-state index contributed by atoms with van der Waals surface area (Å²) in [5, 5.41) is 0. The molecule has 0 saturated carbocycles. The van der Waals surface area contributed by atoms with Crippen LogP contribution in [0.4, 0.5) is 8.78 Å². The molecule has 25 heavy (non-hydrogen) atoms. The number of hydrogen-bond acceptors (Lipinski definition) is 2. The summed E-state index contributed by atoms with van der Waals surface area (Å²) in [6.45, 7) is 3.15. The summed E-state index contributed by atoms with van der Waals surface area (Å²) in [4.78, 5) is 14.6. The van der Waals surface area contributed by atoms with E-state index in [1.165, 1.54) is 12.1 Å². The highest BCUT2D eigenvalue weighted by atomic mass is 19.1. The normalized spacial score (nSPS) is 17.0. The maximum absolute atomic E-state index is 13.3. The van der Waals surface area contributed by atoms with Gasteiger partial charge in [-0.2, -0.15) is 0 Å². The molecule has 0 bridgehead atoms. The Morgan fingerprint density at radius 1 is 1.20 bits per heavy atom. The van der Waals surface area contributed by atoms with Crippen molar-refractivity contribution in [3.8, 4) is 5.75 Å². The lowest BCUT2D eigenvalue weighted by molar-refractivity contribution is 0.0783. The van der Waals surface area contributed by atoms with Crippen LogP contribution in [0.25, 0.3) is 0 Å². The Balaban J connectivity index is 1.70. The van der Waals surface area contributed by atoms with Crippen molar-refractivity contribution in [3.63, 3.8) is 0 Å². The highest BCUT2D eigenvalue weighted by molar-refractivity contribution is 5.97. The number of ether oxygens (including phenoxy) is 1. The number of methoxy groups -OCH3 is 1. The molecule has 1 atom stereocenters. The molecule has 0 aliphatic carbocycles. The molecular formula is C20H21F2NO2. The van der Waals surface area contributed by atoms with E-state index in [4.69, 9.17) is 4.74 Å². The second-order valence-corrected chi connectivity index (χ2v) is 6.59. The molecule has 2 aromatic rings. The first-order valence-corrected chi connectivity index (χ1v) is 8.35. The van der Waals surface area contributed by atoms with Crippen LogP contribution in [0.15, 0.2) is 36.4 Å². The van der Waals surface area contributed by atoms with E-state index in [0.717, 1.165) is 18.1 Å². The quantitative estimate of drug-likeness (QED) is 0.839. The Labute approximate surface area is 146 Å². The number of likely N-dealkylation sites (tertiary alicyclic amines) is 1. The van der Waals surface area contributed by atoms with Crippen molar-refractivity contribution in [1.82, 2.24) is 4.90 Å². The van der Waals surface area contributed by atoms with E-state index in [1.54, 1.807) is 18.1 Å². The van der Waals surface area contributed by atoms with Gasteiger partial charge in [0.1, 0.15) is 17.4 Å². The molecular weight excluding hydrogens is 324 g/mol. The van der Waals surface area contributed by atoms with Crippen molar-refractivity contribution in [2.24, 2.45) is 5.92 Å². The second-order valence-electron chi connectivity index (χ2n) is 6.59. The monoisotopic (exact) mass is 345 g/mol. The van der Waals surface area contributed by atoms with E-state index in [0.29, 0.717) is 36.4 Å². The molecule has 1 fully saturated rings. The van der Waals surface area contributed by atoms with Crippen molar-refractivity contribution in [2.45, 2.75) is 19.8 Å². The minimum absolute atomic E-state index is 0.0616. The highest BCUT2D eigenvalue weighted by Crippen LogP contribution is 2.27. The SMILES string of the molecule is COc1ccc(C)cc1C(=O)N1CCC(Cc2cc(F)cc(F)c2)C1. The molecule has 1 unspecified atom stereocenters. The van der Waals surface area contributed by atoms with Crippen LogP contribution in [-0.4, -0.2) is 31.0 Å². The van der Waals surface area contributed by atoms with Gasteiger partial charge < -0.3 is 9.64 Å². The summed E-state index contributed by atoms with van der Waals surface area (Å²) in [6.07, 6.45) is 1.38. The van der Waals surface area contributed by atoms with Gasteiger partial charge in [-0.1, -0.05) is 11.6 Å². The van der Waals surface area contributed by atoms with Gasteiger partial charge in [-0.05, 0) is 55.5 Å². The lowest BCUT2D eigenvalue weighted by atomic mass is 9.98. The third-order valence-electron chi connectivity index (χ3n) is 4.61. The molecule has 1 aliphatic heterocycles. The van der Waals surface area contributed by atoms with Gasteiger partial charge >= 0.3 is 0 Å². The molecule has 1 saturated heterocycles. The number of amides is 1. The first-order chi connectivity index (χ1) is 12.0. The van der Waals surface area contributed by atoms with Crippen LogP contribution in [0.3, 0.4) is 0 Å². The fourth-order valence-corrected chi connectivity index (χ4v) is 3.41. The van der Waals surface area contributed by atoms with Crippen molar-refractivity contribution in [2.75, 3.05) is 20.2 Å². The number of nitrogens with zero attached hydrogens (tertiary/aromatic N) is 1. The Morgan fingerprint density at radius 2 is 1.92 bits per heavy atom. The largest absolute Gasteiger partial charge is 0.496 e. The predicted octanol–water partition coefficient (Wildman–Crippen LogP) is 3.99. The number of halogens is 2. The first-order valence-electron chi connectivity index (χ1n) is 8.35. The van der Waals surface area contributed by atoms with Crippen molar-refractivity contribution in [3.05, 3.63) is 64.7 Å². The Morgan fingerprint density at radius 3 is 2.60 bits per heavy atom. The Kier molecular flexibility index (Phi) is 5.02. The molecule has 0 aromatic heterocycles. The number of carbonyl (C=O) groups is 1. The molecule has 1 aliphatic rings. The van der Waals surface area contributed by atoms with E-state index in [1.807, 2.05) is 19.1 Å². The van der Waals surface area contributed by atoms with Crippen molar-refractivity contribution in [1.29, 1.82) is 0 Å². The van der Waals surface area contributed by atoms with Gasteiger partial charge in [-0.15, -0.1) is 0 Å². The van der Waals surface area contributed by atoms with Gasteiger partial charge in [0.05, 0.1) is 12.7 Å². The zero-order valence-electron chi connectivity index (χ0n) is 14.4. The fourth-order valence-electron chi connectivity index (χ4n) is 3.41. The number of rotatable bonds is 4. The zero-order chi connectivity index (χ0) is 18.0. The van der Waals surface area contributed by atoms with Gasteiger partial charge in [0.2, 0.25) is 0 Å². The van der Waals surface area contributed by atoms with Crippen LogP contribution >= 0.6 is 0 Å². The van der Waals surface area contributed by atoms with E-state index in [9.17, 15) is 13.6 Å². The third-order valence-corrected chi connectivity index (χ3v) is 4.61. The molecule has 1 amide bonds. The van der Waals surface area contributed by atoms with Gasteiger partial charge in [-0.25, -0.2) is 8.78 Å². The van der Waals surface area contributed by atoms with Gasteiger partial charge in [0.25, 0.3) is 5.91 Å². The van der Waals surface area contributed by atoms with Gasteiger partial charge in [0, 0.05) is 19.2 Å². The summed E-state index contributed by atoms with van der Waals surface area (Å²) in [6, 6.07) is 9.12. The topological polar surface area (TPSA) is 29.5 Å². The van der Waals surface area contributed by atoms with Crippen LogP contribution in [0.1, 0.15) is 27.9 Å². The summed E-state index contributed by atoms with van der Waals surface area (Å²) < 4.78 is 32.0. The van der Waals surface area contributed by atoms with Crippen LogP contribution in [0.5, 0.6) is 5.75 Å². The van der Waals surface area contributed by atoms with Crippen molar-refractivity contribution >= 4 is 5.91 Å². The molecule has 0 radical (unpaired) electrons. The van der Waals surface area contributed by atoms with E-state index < -0.39 is 11.6 Å². The second kappa shape index (κ2) is 7.21. The maximum Gasteiger partial charge on any atom is 0.257 e. The number of hydrogen-bond donors (Lipinski definition) is 0. The van der Waals surface area contributed by atoms with Gasteiger partial charge in [-0.3, -0.25) is 4.79 Å². The van der Waals surface area contributed by atoms with Gasteiger partial charge in [0.15, 0.2) is 0 Å². The molecule has 3 rings (SSSR count). The average molecular weight is 345 g/mol. The van der Waals surface area contributed by atoms with E-state index >= 15 is 0 Å². The molecule has 2 aromatic carbocycles. The predicted molar refractivity (Wildman–Crippen MR) is 91.8 cm³/mol. The fraction of sp³-hybridized carbons (Fsp3) is 0.350. The molecule has 5 heteroatoms. The molecule has 0 N–H and O–H groups in total. The summed E-state index contributed by atoms with van der Waals surface area (Å²) in [5.74, 6) is -0.434. The number of benzene rings is 2. The van der Waals surface area contributed by atoms with Crippen molar-refractivity contribution < 1.29 is 18.3 Å². The maximum atomic E-state index is 13.3. The standard InChI is InChI=1S/C20H21F2NO2/c1-13-3-4-19(25-2)18(7-13)20(24)23-6-5-14(12-23)8-15-9-16(21)11-17(22)10-15/h3-4,7,9-11,14H,5-6,8,12H2,1-2H3. The molecule has 3 nitrogen and oxygen atoms in total. The first kappa shape index (κ1) is 17.4. The van der Waals surface area contributed by atoms with E-state index in [-0.39, 0.29) is 11.8 Å². The number of carbonyl (C=O) groups excluding carboxylic acids is 1. The summed E-state index contributed by atoms with van der Waals surface area (Å²) in [7, 11) is 1.55. The zero-order valence-corrected chi connectivity index (χ0v) is 14.4. The molecule has 0 spiro atoms. The smallest absolute Gasteiger partial charge is 0.257 e. The molecule has 1 heterocycles. The van der Waals surface area contributed by atoms with Crippen LogP contribution in [0, 0.1) is 24.5 Å².